The molecule has 1 aliphatic rings. The van der Waals surface area contributed by atoms with Gasteiger partial charge in [0.25, 0.3) is 0 Å². The van der Waals surface area contributed by atoms with E-state index in [1.165, 1.54) is 0 Å². The Morgan fingerprint density at radius 2 is 2.00 bits per heavy atom. The van der Waals surface area contributed by atoms with Crippen molar-refractivity contribution >= 4 is 11.9 Å². The number of hydrogen-bond donors (Lipinski definition) is 2. The van der Waals surface area contributed by atoms with E-state index in [0.29, 0.717) is 6.42 Å². The van der Waals surface area contributed by atoms with E-state index < -0.39 is 5.97 Å². The highest BCUT2D eigenvalue weighted by molar-refractivity contribution is 5.81. The molecular weight excluding hydrogens is 246 g/mol. The van der Waals surface area contributed by atoms with Crippen LogP contribution in [0.3, 0.4) is 0 Å². The number of carbonyl (C=O) groups excluding carboxylic acids is 1. The van der Waals surface area contributed by atoms with E-state index in [-0.39, 0.29) is 30.1 Å². The van der Waals surface area contributed by atoms with Gasteiger partial charge in [0.15, 0.2) is 0 Å². The third-order valence-electron chi connectivity index (χ3n) is 3.61. The molecule has 0 radical (unpaired) electrons. The molecule has 1 saturated heterocycles. The van der Waals surface area contributed by atoms with E-state index in [9.17, 15) is 9.59 Å². The van der Waals surface area contributed by atoms with Crippen molar-refractivity contribution in [1.29, 1.82) is 0 Å². The van der Waals surface area contributed by atoms with Crippen molar-refractivity contribution in [2.24, 2.45) is 5.92 Å². The summed E-state index contributed by atoms with van der Waals surface area (Å²) < 4.78 is 5.51. The van der Waals surface area contributed by atoms with E-state index in [1.54, 1.807) is 6.92 Å². The molecule has 0 spiro atoms. The zero-order valence-electron chi connectivity index (χ0n) is 12.0. The lowest BCUT2D eigenvalue weighted by Crippen LogP contribution is -2.40. The molecule has 1 aliphatic heterocycles. The molecule has 5 nitrogen and oxygen atoms in total. The Kier molecular flexibility index (Phi) is 6.28. The molecule has 0 aromatic rings. The lowest BCUT2D eigenvalue weighted by molar-refractivity contribution is -0.141. The number of amides is 1. The third-order valence-corrected chi connectivity index (χ3v) is 3.61. The van der Waals surface area contributed by atoms with Gasteiger partial charge in [-0.25, -0.2) is 0 Å². The minimum Gasteiger partial charge on any atom is -0.481 e. The largest absolute Gasteiger partial charge is 0.481 e. The fourth-order valence-electron chi connectivity index (χ4n) is 2.26. The van der Waals surface area contributed by atoms with Crippen LogP contribution >= 0.6 is 0 Å². The number of ether oxygens (including phenoxy) is 1. The summed E-state index contributed by atoms with van der Waals surface area (Å²) >= 11 is 0. The average Bonchev–Trinajstić information content (AvgIpc) is 2.75. The molecule has 1 amide bonds. The number of hydrogen-bond acceptors (Lipinski definition) is 3. The highest BCUT2D eigenvalue weighted by Crippen LogP contribution is 2.19. The van der Waals surface area contributed by atoms with Gasteiger partial charge < -0.3 is 15.2 Å². The van der Waals surface area contributed by atoms with Gasteiger partial charge in [0.2, 0.25) is 5.91 Å². The fraction of sp³-hybridized carbons (Fsp3) is 0.857. The van der Waals surface area contributed by atoms with Gasteiger partial charge in [-0.3, -0.25) is 9.59 Å². The second-order valence-corrected chi connectivity index (χ2v) is 5.59. The van der Waals surface area contributed by atoms with E-state index in [1.807, 2.05) is 13.8 Å². The van der Waals surface area contributed by atoms with Crippen LogP contribution < -0.4 is 5.32 Å². The van der Waals surface area contributed by atoms with Gasteiger partial charge in [-0.2, -0.15) is 0 Å². The number of carboxylic acid groups (broad SMARTS) is 1. The Balaban J connectivity index is 2.18. The maximum atomic E-state index is 11.9. The van der Waals surface area contributed by atoms with E-state index in [4.69, 9.17) is 9.84 Å². The summed E-state index contributed by atoms with van der Waals surface area (Å²) in [6.45, 7) is 5.63. The van der Waals surface area contributed by atoms with Crippen LogP contribution in [-0.4, -0.2) is 35.2 Å². The zero-order valence-corrected chi connectivity index (χ0v) is 12.0. The number of carboxylic acids is 1. The molecule has 4 unspecified atom stereocenters. The maximum Gasteiger partial charge on any atom is 0.306 e. The normalized spacial score (nSPS) is 25.8. The molecule has 1 heterocycles. The van der Waals surface area contributed by atoms with Gasteiger partial charge >= 0.3 is 5.97 Å². The molecule has 0 aromatic carbocycles. The number of carbonyl (C=O) groups is 2. The standard InChI is InChI=1S/C14H25NO4/c1-9(14(17)18)5-4-6-10(2)15-13(16)12-8-7-11(3)19-12/h9-12H,4-8H2,1-3H3,(H,15,16)(H,17,18). The minimum absolute atomic E-state index is 0.0388. The van der Waals surface area contributed by atoms with Crippen LogP contribution in [0.1, 0.15) is 52.9 Å². The van der Waals surface area contributed by atoms with Crippen molar-refractivity contribution in [3.05, 3.63) is 0 Å². The summed E-state index contributed by atoms with van der Waals surface area (Å²) in [7, 11) is 0. The van der Waals surface area contributed by atoms with E-state index >= 15 is 0 Å². The first-order valence-electron chi connectivity index (χ1n) is 7.08. The molecule has 0 aliphatic carbocycles. The Bertz CT molecular complexity index is 319. The molecule has 2 N–H and O–H groups in total. The molecule has 0 aromatic heterocycles. The predicted octanol–water partition coefficient (Wildman–Crippen LogP) is 1.95. The zero-order chi connectivity index (χ0) is 14.4. The van der Waals surface area contributed by atoms with Crippen molar-refractivity contribution in [1.82, 2.24) is 5.32 Å². The van der Waals surface area contributed by atoms with Crippen molar-refractivity contribution < 1.29 is 19.4 Å². The minimum atomic E-state index is -0.759. The van der Waals surface area contributed by atoms with Crippen LogP contribution in [0.4, 0.5) is 0 Å². The maximum absolute atomic E-state index is 11.9. The summed E-state index contributed by atoms with van der Waals surface area (Å²) in [5.41, 5.74) is 0. The van der Waals surface area contributed by atoms with Crippen molar-refractivity contribution in [3.8, 4) is 0 Å². The quantitative estimate of drug-likeness (QED) is 0.742. The third kappa shape index (κ3) is 5.59. The Labute approximate surface area is 114 Å². The summed E-state index contributed by atoms with van der Waals surface area (Å²) in [6, 6.07) is 0.0630. The number of rotatable bonds is 7. The summed E-state index contributed by atoms with van der Waals surface area (Å²) in [5.74, 6) is -1.12. The molecule has 110 valence electrons. The molecule has 0 bridgehead atoms. The van der Waals surface area contributed by atoms with Crippen LogP contribution in [0.15, 0.2) is 0 Å². The number of nitrogens with one attached hydrogen (secondary N) is 1. The first-order chi connectivity index (χ1) is 8.90. The molecule has 5 heteroatoms. The van der Waals surface area contributed by atoms with Crippen molar-refractivity contribution in [3.63, 3.8) is 0 Å². The van der Waals surface area contributed by atoms with Crippen LogP contribution in [0, 0.1) is 5.92 Å². The monoisotopic (exact) mass is 271 g/mol. The van der Waals surface area contributed by atoms with Gasteiger partial charge in [-0.15, -0.1) is 0 Å². The summed E-state index contributed by atoms with van der Waals surface area (Å²) in [5, 5.41) is 11.7. The molecule has 0 saturated carbocycles. The van der Waals surface area contributed by atoms with Gasteiger partial charge in [0.1, 0.15) is 6.10 Å². The predicted molar refractivity (Wildman–Crippen MR) is 71.8 cm³/mol. The summed E-state index contributed by atoms with van der Waals surface area (Å²) in [6.07, 6.45) is 3.82. The highest BCUT2D eigenvalue weighted by Gasteiger charge is 2.28. The van der Waals surface area contributed by atoms with Gasteiger partial charge in [0.05, 0.1) is 12.0 Å². The Hall–Kier alpha value is -1.10. The second-order valence-electron chi connectivity index (χ2n) is 5.59. The fourth-order valence-corrected chi connectivity index (χ4v) is 2.26. The van der Waals surface area contributed by atoms with Crippen LogP contribution in [0.5, 0.6) is 0 Å². The molecule has 1 rings (SSSR count). The average molecular weight is 271 g/mol. The first kappa shape index (κ1) is 16.0. The lowest BCUT2D eigenvalue weighted by atomic mass is 10.0. The SMILES string of the molecule is CC(CCCC(C)C(=O)O)NC(=O)C1CCC(C)O1. The van der Waals surface area contributed by atoms with Crippen LogP contribution in [0.2, 0.25) is 0 Å². The van der Waals surface area contributed by atoms with E-state index in [2.05, 4.69) is 5.32 Å². The second kappa shape index (κ2) is 7.48. The topological polar surface area (TPSA) is 75.6 Å². The van der Waals surface area contributed by atoms with Gasteiger partial charge in [0, 0.05) is 6.04 Å². The van der Waals surface area contributed by atoms with E-state index in [0.717, 1.165) is 25.7 Å². The molecule has 1 fully saturated rings. The molecular formula is C14H25NO4. The van der Waals surface area contributed by atoms with Gasteiger partial charge in [-0.05, 0) is 39.5 Å². The van der Waals surface area contributed by atoms with Gasteiger partial charge in [-0.1, -0.05) is 13.3 Å². The Morgan fingerprint density at radius 3 is 2.53 bits per heavy atom. The number of aliphatic carboxylic acids is 1. The van der Waals surface area contributed by atoms with Crippen molar-refractivity contribution in [2.45, 2.75) is 71.1 Å². The van der Waals surface area contributed by atoms with Crippen LogP contribution in [0.25, 0.3) is 0 Å². The smallest absolute Gasteiger partial charge is 0.306 e. The highest BCUT2D eigenvalue weighted by atomic mass is 16.5. The van der Waals surface area contributed by atoms with Crippen LogP contribution in [-0.2, 0) is 14.3 Å². The van der Waals surface area contributed by atoms with Crippen molar-refractivity contribution in [2.75, 3.05) is 0 Å². The summed E-state index contributed by atoms with van der Waals surface area (Å²) in [4.78, 5) is 22.5. The molecule has 19 heavy (non-hydrogen) atoms. The first-order valence-corrected chi connectivity index (χ1v) is 7.08. The molecule has 4 atom stereocenters. The lowest BCUT2D eigenvalue weighted by Gasteiger charge is -2.17. The Morgan fingerprint density at radius 1 is 1.32 bits per heavy atom.